The highest BCUT2D eigenvalue weighted by Gasteiger charge is 2.22. The Morgan fingerprint density at radius 1 is 1.47 bits per heavy atom. The molecule has 0 saturated heterocycles. The van der Waals surface area contributed by atoms with E-state index in [1.807, 2.05) is 11.4 Å². The summed E-state index contributed by atoms with van der Waals surface area (Å²) in [5.74, 6) is -0.689. The first-order chi connectivity index (χ1) is 8.18. The van der Waals surface area contributed by atoms with Gasteiger partial charge in [-0.25, -0.2) is 0 Å². The Labute approximate surface area is 104 Å². The van der Waals surface area contributed by atoms with Crippen molar-refractivity contribution in [3.63, 3.8) is 0 Å². The molecule has 0 bridgehead atoms. The van der Waals surface area contributed by atoms with E-state index in [4.69, 9.17) is 5.11 Å². The van der Waals surface area contributed by atoms with Crippen molar-refractivity contribution in [2.75, 3.05) is 11.4 Å². The van der Waals surface area contributed by atoms with Crippen molar-refractivity contribution < 1.29 is 14.7 Å². The third-order valence-electron chi connectivity index (χ3n) is 2.88. The Kier molecular flexibility index (Phi) is 3.78. The van der Waals surface area contributed by atoms with Gasteiger partial charge >= 0.3 is 5.97 Å². The minimum Gasteiger partial charge on any atom is -0.481 e. The quantitative estimate of drug-likeness (QED) is 0.895. The van der Waals surface area contributed by atoms with Crippen LogP contribution in [0.4, 0.5) is 5.69 Å². The predicted octanol–water partition coefficient (Wildman–Crippen LogP) is 2.28. The number of anilines is 1. The Morgan fingerprint density at radius 2 is 2.29 bits per heavy atom. The number of rotatable bonds is 4. The van der Waals surface area contributed by atoms with Crippen LogP contribution in [0.25, 0.3) is 0 Å². The summed E-state index contributed by atoms with van der Waals surface area (Å²) >= 11 is 1.67. The molecule has 1 aromatic heterocycles. The molecular weight excluding hydrogens is 238 g/mol. The maximum Gasteiger partial charge on any atom is 0.303 e. The summed E-state index contributed by atoms with van der Waals surface area (Å²) in [6, 6.07) is 1.96. The molecule has 0 fully saturated rings. The zero-order chi connectivity index (χ0) is 12.3. The molecule has 0 saturated carbocycles. The topological polar surface area (TPSA) is 57.6 Å². The molecular formula is C12H15NO3S. The summed E-state index contributed by atoms with van der Waals surface area (Å²) in [7, 11) is 0. The molecule has 0 radical (unpaired) electrons. The summed E-state index contributed by atoms with van der Waals surface area (Å²) < 4.78 is 0. The van der Waals surface area contributed by atoms with Gasteiger partial charge in [-0.2, -0.15) is 0 Å². The summed E-state index contributed by atoms with van der Waals surface area (Å²) in [4.78, 5) is 25.4. The van der Waals surface area contributed by atoms with Crippen LogP contribution in [0, 0.1) is 0 Å². The fourth-order valence-corrected chi connectivity index (χ4v) is 2.99. The van der Waals surface area contributed by atoms with Crippen LogP contribution in [0.1, 0.15) is 30.6 Å². The average Bonchev–Trinajstić information content (AvgIpc) is 2.67. The smallest absolute Gasteiger partial charge is 0.303 e. The van der Waals surface area contributed by atoms with E-state index in [9.17, 15) is 9.59 Å². The third-order valence-corrected chi connectivity index (χ3v) is 3.85. The van der Waals surface area contributed by atoms with E-state index in [2.05, 4.69) is 0 Å². The minimum absolute atomic E-state index is 0.114. The molecule has 2 rings (SSSR count). The maximum atomic E-state index is 11.9. The standard InChI is InChI=1S/C12H15NO3S/c14-11-4-1-3-10-9(6-8-17-10)13(11)7-2-5-12(15)16/h6,8H,1-5,7H2,(H,15,16). The van der Waals surface area contributed by atoms with Crippen molar-refractivity contribution in [3.8, 4) is 0 Å². The van der Waals surface area contributed by atoms with Gasteiger partial charge < -0.3 is 10.0 Å². The number of carbonyl (C=O) groups is 2. The number of carboxylic acid groups (broad SMARTS) is 1. The van der Waals surface area contributed by atoms with E-state index in [0.29, 0.717) is 19.4 Å². The maximum absolute atomic E-state index is 11.9. The normalized spacial score (nSPS) is 15.5. The van der Waals surface area contributed by atoms with E-state index < -0.39 is 5.97 Å². The molecule has 1 aliphatic rings. The van der Waals surface area contributed by atoms with Crippen LogP contribution >= 0.6 is 11.3 Å². The largest absolute Gasteiger partial charge is 0.481 e. The molecule has 2 heterocycles. The van der Waals surface area contributed by atoms with Crippen LogP contribution in [0.2, 0.25) is 0 Å². The van der Waals surface area contributed by atoms with Crippen LogP contribution in [0.15, 0.2) is 11.4 Å². The van der Waals surface area contributed by atoms with Gasteiger partial charge in [0.05, 0.1) is 5.69 Å². The number of hydrogen-bond donors (Lipinski definition) is 1. The van der Waals surface area contributed by atoms with E-state index in [0.717, 1.165) is 18.5 Å². The lowest BCUT2D eigenvalue weighted by Gasteiger charge is -2.20. The Hall–Kier alpha value is -1.36. The number of amides is 1. The molecule has 92 valence electrons. The summed E-state index contributed by atoms with van der Waals surface area (Å²) in [5, 5.41) is 10.6. The highest BCUT2D eigenvalue weighted by molar-refractivity contribution is 7.10. The van der Waals surface area contributed by atoms with Crippen LogP contribution in [0.3, 0.4) is 0 Å². The van der Waals surface area contributed by atoms with Gasteiger partial charge in [-0.1, -0.05) is 0 Å². The lowest BCUT2D eigenvalue weighted by Crippen LogP contribution is -2.31. The lowest BCUT2D eigenvalue weighted by atomic mass is 10.2. The second kappa shape index (κ2) is 5.31. The fraction of sp³-hybridized carbons (Fsp3) is 0.500. The van der Waals surface area contributed by atoms with Gasteiger partial charge in [-0.15, -0.1) is 11.3 Å². The second-order valence-corrected chi connectivity index (χ2v) is 5.13. The summed E-state index contributed by atoms with van der Waals surface area (Å²) in [5.41, 5.74) is 0.989. The van der Waals surface area contributed by atoms with Crippen molar-refractivity contribution in [1.29, 1.82) is 0 Å². The van der Waals surface area contributed by atoms with Crippen LogP contribution in [-0.4, -0.2) is 23.5 Å². The average molecular weight is 253 g/mol. The first-order valence-electron chi connectivity index (χ1n) is 5.77. The molecule has 1 aromatic rings. The molecule has 0 spiro atoms. The van der Waals surface area contributed by atoms with Gasteiger partial charge in [-0.05, 0) is 30.7 Å². The van der Waals surface area contributed by atoms with Crippen LogP contribution < -0.4 is 4.90 Å². The van der Waals surface area contributed by atoms with Gasteiger partial charge in [0.15, 0.2) is 0 Å². The van der Waals surface area contributed by atoms with Crippen LogP contribution in [-0.2, 0) is 16.0 Å². The Bertz CT molecular complexity index is 427. The van der Waals surface area contributed by atoms with Crippen molar-refractivity contribution in [3.05, 3.63) is 16.3 Å². The molecule has 0 atom stereocenters. The first kappa shape index (κ1) is 12.1. The van der Waals surface area contributed by atoms with Crippen molar-refractivity contribution in [2.45, 2.75) is 32.1 Å². The molecule has 1 aliphatic heterocycles. The molecule has 17 heavy (non-hydrogen) atoms. The zero-order valence-corrected chi connectivity index (χ0v) is 10.3. The third kappa shape index (κ3) is 2.85. The molecule has 1 N–H and O–H groups in total. The molecule has 4 nitrogen and oxygen atoms in total. The molecule has 5 heteroatoms. The minimum atomic E-state index is -0.808. The van der Waals surface area contributed by atoms with E-state index in [1.165, 1.54) is 4.88 Å². The van der Waals surface area contributed by atoms with Gasteiger partial charge in [0.25, 0.3) is 0 Å². The van der Waals surface area contributed by atoms with Gasteiger partial charge in [0.1, 0.15) is 0 Å². The van der Waals surface area contributed by atoms with Gasteiger partial charge in [0, 0.05) is 24.3 Å². The number of thiophene rings is 1. The second-order valence-electron chi connectivity index (χ2n) is 4.13. The molecule has 0 unspecified atom stereocenters. The highest BCUT2D eigenvalue weighted by Crippen LogP contribution is 2.31. The number of carboxylic acids is 1. The Balaban J connectivity index is 2.08. The lowest BCUT2D eigenvalue weighted by molar-refractivity contribution is -0.137. The van der Waals surface area contributed by atoms with Gasteiger partial charge in [0.2, 0.25) is 5.91 Å². The van der Waals surface area contributed by atoms with E-state index >= 15 is 0 Å². The highest BCUT2D eigenvalue weighted by atomic mass is 32.1. The zero-order valence-electron chi connectivity index (χ0n) is 9.52. The van der Waals surface area contributed by atoms with Crippen molar-refractivity contribution in [1.82, 2.24) is 0 Å². The molecule has 0 aromatic carbocycles. The predicted molar refractivity (Wildman–Crippen MR) is 66.5 cm³/mol. The number of aryl methyl sites for hydroxylation is 1. The number of fused-ring (bicyclic) bond motifs is 1. The number of nitrogens with zero attached hydrogens (tertiary/aromatic N) is 1. The first-order valence-corrected chi connectivity index (χ1v) is 6.65. The van der Waals surface area contributed by atoms with Crippen molar-refractivity contribution in [2.24, 2.45) is 0 Å². The number of carbonyl (C=O) groups excluding carboxylic acids is 1. The van der Waals surface area contributed by atoms with E-state index in [-0.39, 0.29) is 12.3 Å². The van der Waals surface area contributed by atoms with Crippen LogP contribution in [0.5, 0.6) is 0 Å². The molecule has 0 aliphatic carbocycles. The van der Waals surface area contributed by atoms with Gasteiger partial charge in [-0.3, -0.25) is 9.59 Å². The summed E-state index contributed by atoms with van der Waals surface area (Å²) in [6.45, 7) is 0.509. The Morgan fingerprint density at radius 3 is 3.06 bits per heavy atom. The fourth-order valence-electron chi connectivity index (χ4n) is 2.06. The number of hydrogen-bond acceptors (Lipinski definition) is 3. The molecule has 1 amide bonds. The van der Waals surface area contributed by atoms with Crippen molar-refractivity contribution >= 4 is 28.9 Å². The monoisotopic (exact) mass is 253 g/mol. The summed E-state index contributed by atoms with van der Waals surface area (Å²) in [6.07, 6.45) is 3.03. The SMILES string of the molecule is O=C(O)CCCN1C(=O)CCCc2sccc21. The van der Waals surface area contributed by atoms with E-state index in [1.54, 1.807) is 16.2 Å². The number of aliphatic carboxylic acids is 1.